The number of nitrogens with zero attached hydrogens (tertiary/aromatic N) is 2. The highest BCUT2D eigenvalue weighted by molar-refractivity contribution is 5.92. The molecule has 2 amide bonds. The fourth-order valence-corrected chi connectivity index (χ4v) is 2.39. The Morgan fingerprint density at radius 2 is 2.06 bits per heavy atom. The van der Waals surface area contributed by atoms with Crippen molar-refractivity contribution in [2.24, 2.45) is 0 Å². The molecule has 2 aliphatic rings. The van der Waals surface area contributed by atoms with Crippen LogP contribution in [0.15, 0.2) is 0 Å². The molecule has 2 heterocycles. The average molecular weight is 240 g/mol. The van der Waals surface area contributed by atoms with Gasteiger partial charge in [-0.3, -0.25) is 19.4 Å². The number of aliphatic hydroxyl groups is 1. The summed E-state index contributed by atoms with van der Waals surface area (Å²) in [5.41, 5.74) is 0. The second-order valence-corrected chi connectivity index (χ2v) is 4.52. The standard InChI is InChI=1S/C11H16N2O4/c1-7(14)8-3-2-6-12-10(16)5-4-9(15)11(17)13(8)12/h8-9,15H,2-6H2,1H3/t8-,9?/m0/s1. The van der Waals surface area contributed by atoms with Crippen molar-refractivity contribution in [2.75, 3.05) is 6.54 Å². The van der Waals surface area contributed by atoms with E-state index in [2.05, 4.69) is 0 Å². The fraction of sp³-hybridized carbons (Fsp3) is 0.727. The lowest BCUT2D eigenvalue weighted by Gasteiger charge is -2.42. The molecule has 0 aromatic carbocycles. The van der Waals surface area contributed by atoms with E-state index in [0.717, 1.165) is 0 Å². The van der Waals surface area contributed by atoms with Crippen molar-refractivity contribution in [3.05, 3.63) is 0 Å². The second-order valence-electron chi connectivity index (χ2n) is 4.52. The van der Waals surface area contributed by atoms with Crippen molar-refractivity contribution in [1.82, 2.24) is 10.0 Å². The Kier molecular flexibility index (Phi) is 3.15. The molecular formula is C11H16N2O4. The zero-order valence-electron chi connectivity index (χ0n) is 9.76. The molecule has 2 atom stereocenters. The van der Waals surface area contributed by atoms with Gasteiger partial charge in [-0.05, 0) is 26.2 Å². The largest absolute Gasteiger partial charge is 0.383 e. The molecule has 0 radical (unpaired) electrons. The number of carbonyl (C=O) groups excluding carboxylic acids is 3. The number of carbonyl (C=O) groups is 3. The Bertz CT molecular complexity index is 368. The lowest BCUT2D eigenvalue weighted by Crippen LogP contribution is -2.60. The van der Waals surface area contributed by atoms with Crippen molar-refractivity contribution in [3.63, 3.8) is 0 Å². The van der Waals surface area contributed by atoms with Gasteiger partial charge >= 0.3 is 0 Å². The van der Waals surface area contributed by atoms with E-state index in [9.17, 15) is 19.5 Å². The highest BCUT2D eigenvalue weighted by Gasteiger charge is 2.42. The van der Waals surface area contributed by atoms with Gasteiger partial charge < -0.3 is 5.11 Å². The lowest BCUT2D eigenvalue weighted by molar-refractivity contribution is -0.178. The summed E-state index contributed by atoms with van der Waals surface area (Å²) in [4.78, 5) is 35.3. The predicted molar refractivity (Wildman–Crippen MR) is 57.5 cm³/mol. The first kappa shape index (κ1) is 12.0. The van der Waals surface area contributed by atoms with E-state index in [4.69, 9.17) is 0 Å². The SMILES string of the molecule is CC(=O)[C@@H]1CCCN2C(=O)CCC(O)C(=O)N12. The molecule has 94 valence electrons. The van der Waals surface area contributed by atoms with E-state index in [0.29, 0.717) is 19.4 Å². The summed E-state index contributed by atoms with van der Waals surface area (Å²) in [6, 6.07) is -0.604. The Balaban J connectivity index is 2.34. The minimum absolute atomic E-state index is 0.134. The van der Waals surface area contributed by atoms with Crippen LogP contribution >= 0.6 is 0 Å². The molecule has 0 aromatic heterocycles. The molecule has 0 spiro atoms. The number of hydrazine groups is 1. The molecule has 17 heavy (non-hydrogen) atoms. The smallest absolute Gasteiger partial charge is 0.270 e. The Labute approximate surface area is 99.1 Å². The van der Waals surface area contributed by atoms with E-state index in [1.54, 1.807) is 0 Å². The van der Waals surface area contributed by atoms with Gasteiger partial charge in [0.25, 0.3) is 5.91 Å². The molecule has 0 bridgehead atoms. The number of Topliss-reactive ketones (excluding diaryl/α,β-unsaturated/α-hetero) is 1. The van der Waals surface area contributed by atoms with E-state index < -0.39 is 18.1 Å². The van der Waals surface area contributed by atoms with E-state index >= 15 is 0 Å². The highest BCUT2D eigenvalue weighted by Crippen LogP contribution is 2.24. The van der Waals surface area contributed by atoms with Gasteiger partial charge in [0, 0.05) is 13.0 Å². The number of hydrogen-bond acceptors (Lipinski definition) is 4. The molecular weight excluding hydrogens is 224 g/mol. The number of rotatable bonds is 1. The van der Waals surface area contributed by atoms with Crippen LogP contribution in [0.3, 0.4) is 0 Å². The zero-order chi connectivity index (χ0) is 12.6. The van der Waals surface area contributed by atoms with Crippen molar-refractivity contribution >= 4 is 17.6 Å². The summed E-state index contributed by atoms with van der Waals surface area (Å²) >= 11 is 0. The number of aliphatic hydroxyl groups excluding tert-OH is 1. The monoisotopic (exact) mass is 240 g/mol. The average Bonchev–Trinajstić information content (AvgIpc) is 2.42. The quantitative estimate of drug-likeness (QED) is 0.668. The fourth-order valence-electron chi connectivity index (χ4n) is 2.39. The number of amides is 2. The van der Waals surface area contributed by atoms with Crippen molar-refractivity contribution < 1.29 is 19.5 Å². The van der Waals surface area contributed by atoms with Crippen LogP contribution in [-0.2, 0) is 14.4 Å². The van der Waals surface area contributed by atoms with Crippen LogP contribution in [0.4, 0.5) is 0 Å². The first-order chi connectivity index (χ1) is 8.02. The van der Waals surface area contributed by atoms with Crippen LogP contribution in [0.1, 0.15) is 32.6 Å². The molecule has 6 heteroatoms. The molecule has 1 unspecified atom stereocenters. The van der Waals surface area contributed by atoms with Crippen LogP contribution in [0.25, 0.3) is 0 Å². The van der Waals surface area contributed by atoms with Crippen molar-refractivity contribution in [3.8, 4) is 0 Å². The predicted octanol–water partition coefficient (Wildman–Crippen LogP) is -0.535. The minimum atomic E-state index is -1.18. The third-order valence-corrected chi connectivity index (χ3v) is 3.30. The molecule has 2 rings (SSSR count). The van der Waals surface area contributed by atoms with E-state index in [1.807, 2.05) is 0 Å². The third kappa shape index (κ3) is 2.04. The molecule has 0 aromatic rings. The molecule has 0 aliphatic carbocycles. The van der Waals surface area contributed by atoms with Gasteiger partial charge in [-0.2, -0.15) is 0 Å². The van der Waals surface area contributed by atoms with Gasteiger partial charge in [-0.25, -0.2) is 5.01 Å². The third-order valence-electron chi connectivity index (χ3n) is 3.30. The lowest BCUT2D eigenvalue weighted by atomic mass is 10.0. The van der Waals surface area contributed by atoms with Crippen LogP contribution in [0.2, 0.25) is 0 Å². The molecule has 2 aliphatic heterocycles. The summed E-state index contributed by atoms with van der Waals surface area (Å²) in [5, 5.41) is 12.1. The van der Waals surface area contributed by atoms with Gasteiger partial charge in [0.05, 0.1) is 0 Å². The van der Waals surface area contributed by atoms with Crippen molar-refractivity contribution in [1.29, 1.82) is 0 Å². The summed E-state index contributed by atoms with van der Waals surface area (Å²) in [6.45, 7) is 1.85. The molecule has 2 fully saturated rings. The van der Waals surface area contributed by atoms with Gasteiger partial charge in [0.2, 0.25) is 5.91 Å². The first-order valence-electron chi connectivity index (χ1n) is 5.84. The van der Waals surface area contributed by atoms with Gasteiger partial charge in [-0.1, -0.05) is 0 Å². The maximum Gasteiger partial charge on any atom is 0.270 e. The maximum absolute atomic E-state index is 12.0. The Hall–Kier alpha value is -1.43. The summed E-state index contributed by atoms with van der Waals surface area (Å²) in [6.07, 6.45) is 0.362. The molecule has 0 saturated carbocycles. The van der Waals surface area contributed by atoms with Gasteiger partial charge in [0.15, 0.2) is 5.78 Å². The van der Waals surface area contributed by atoms with Crippen LogP contribution in [0.5, 0.6) is 0 Å². The number of hydrogen-bond donors (Lipinski definition) is 1. The van der Waals surface area contributed by atoms with Gasteiger partial charge in [0.1, 0.15) is 12.1 Å². The van der Waals surface area contributed by atoms with Crippen LogP contribution < -0.4 is 0 Å². The second kappa shape index (κ2) is 4.44. The number of ketones is 1. The highest BCUT2D eigenvalue weighted by atomic mass is 16.3. The maximum atomic E-state index is 12.0. The Morgan fingerprint density at radius 1 is 1.35 bits per heavy atom. The zero-order valence-corrected chi connectivity index (χ0v) is 9.76. The van der Waals surface area contributed by atoms with Crippen molar-refractivity contribution in [2.45, 2.75) is 44.8 Å². The molecule has 6 nitrogen and oxygen atoms in total. The normalized spacial score (nSPS) is 30.0. The topological polar surface area (TPSA) is 77.9 Å². The molecule has 2 saturated heterocycles. The summed E-state index contributed by atoms with van der Waals surface area (Å²) in [5.74, 6) is -0.874. The van der Waals surface area contributed by atoms with Crippen LogP contribution in [0, 0.1) is 0 Å². The van der Waals surface area contributed by atoms with Gasteiger partial charge in [-0.15, -0.1) is 0 Å². The van der Waals surface area contributed by atoms with Crippen LogP contribution in [-0.4, -0.2) is 51.4 Å². The van der Waals surface area contributed by atoms with E-state index in [-0.39, 0.29) is 24.5 Å². The summed E-state index contributed by atoms with van der Waals surface area (Å²) in [7, 11) is 0. The first-order valence-corrected chi connectivity index (χ1v) is 5.84. The Morgan fingerprint density at radius 3 is 2.71 bits per heavy atom. The van der Waals surface area contributed by atoms with E-state index in [1.165, 1.54) is 16.9 Å². The minimum Gasteiger partial charge on any atom is -0.383 e. The molecule has 1 N–H and O–H groups in total. The summed E-state index contributed by atoms with van der Waals surface area (Å²) < 4.78 is 0. The number of fused-ring (bicyclic) bond motifs is 1.